The van der Waals surface area contributed by atoms with Gasteiger partial charge in [0.15, 0.2) is 0 Å². The third-order valence-corrected chi connectivity index (χ3v) is 5.39. The number of halogens is 3. The first-order chi connectivity index (χ1) is 14.2. The molecule has 1 aromatic heterocycles. The van der Waals surface area contributed by atoms with E-state index in [0.29, 0.717) is 19.0 Å². The van der Waals surface area contributed by atoms with E-state index in [0.717, 1.165) is 29.0 Å². The van der Waals surface area contributed by atoms with E-state index in [1.807, 2.05) is 6.92 Å². The summed E-state index contributed by atoms with van der Waals surface area (Å²) in [7, 11) is 0. The van der Waals surface area contributed by atoms with Gasteiger partial charge in [-0.1, -0.05) is 0 Å². The molecule has 1 aliphatic rings. The maximum Gasteiger partial charge on any atom is 0.341 e. The fourth-order valence-electron chi connectivity index (χ4n) is 3.99. The summed E-state index contributed by atoms with van der Waals surface area (Å²) >= 11 is 0. The van der Waals surface area contributed by atoms with Gasteiger partial charge in [-0.15, -0.1) is 0 Å². The molecule has 156 valence electrons. The molecule has 0 spiro atoms. The summed E-state index contributed by atoms with van der Waals surface area (Å²) in [6.45, 7) is 2.28. The number of carboxylic acid groups (broad SMARTS) is 1. The second kappa shape index (κ2) is 7.17. The third-order valence-electron chi connectivity index (χ3n) is 5.39. The molecular weight excluding hydrogens is 399 g/mol. The topological polar surface area (TPSA) is 88.6 Å². The van der Waals surface area contributed by atoms with Crippen LogP contribution in [0.15, 0.2) is 41.3 Å². The summed E-state index contributed by atoms with van der Waals surface area (Å²) < 4.78 is 44.0. The van der Waals surface area contributed by atoms with E-state index in [9.17, 15) is 27.9 Å². The van der Waals surface area contributed by atoms with Crippen LogP contribution in [0.4, 0.5) is 18.9 Å². The van der Waals surface area contributed by atoms with Gasteiger partial charge >= 0.3 is 5.97 Å². The molecule has 0 saturated carbocycles. The van der Waals surface area contributed by atoms with E-state index in [1.54, 1.807) is 4.90 Å². The van der Waals surface area contributed by atoms with Crippen molar-refractivity contribution in [2.24, 2.45) is 5.73 Å². The molecule has 6 nitrogen and oxygen atoms in total. The molecule has 3 N–H and O–H groups in total. The molecule has 30 heavy (non-hydrogen) atoms. The predicted octanol–water partition coefficient (Wildman–Crippen LogP) is 3.03. The highest BCUT2D eigenvalue weighted by molar-refractivity contribution is 5.94. The molecule has 0 amide bonds. The lowest BCUT2D eigenvalue weighted by Gasteiger charge is -2.25. The molecule has 2 atom stereocenters. The number of hydrogen-bond donors (Lipinski definition) is 2. The van der Waals surface area contributed by atoms with Crippen LogP contribution < -0.4 is 16.1 Å². The Morgan fingerprint density at radius 2 is 1.83 bits per heavy atom. The van der Waals surface area contributed by atoms with Crippen molar-refractivity contribution in [1.82, 2.24) is 4.57 Å². The largest absolute Gasteiger partial charge is 0.477 e. The molecule has 2 heterocycles. The van der Waals surface area contributed by atoms with Crippen LogP contribution in [-0.4, -0.2) is 34.3 Å². The van der Waals surface area contributed by atoms with Gasteiger partial charge < -0.3 is 20.3 Å². The Morgan fingerprint density at radius 1 is 1.13 bits per heavy atom. The number of nitrogens with zero attached hydrogens (tertiary/aromatic N) is 2. The van der Waals surface area contributed by atoms with Crippen LogP contribution >= 0.6 is 0 Å². The second-order valence-electron chi connectivity index (χ2n) is 7.46. The van der Waals surface area contributed by atoms with Gasteiger partial charge in [0.05, 0.1) is 16.9 Å². The molecule has 0 unspecified atom stereocenters. The van der Waals surface area contributed by atoms with Gasteiger partial charge in [0.1, 0.15) is 23.0 Å². The van der Waals surface area contributed by atoms with Crippen molar-refractivity contribution in [2.75, 3.05) is 11.4 Å². The number of carbonyl (C=O) groups is 1. The van der Waals surface area contributed by atoms with Gasteiger partial charge in [-0.2, -0.15) is 0 Å². The number of aromatic carboxylic acids is 1. The van der Waals surface area contributed by atoms with Gasteiger partial charge in [0.2, 0.25) is 5.43 Å². The fourth-order valence-corrected chi connectivity index (χ4v) is 3.99. The lowest BCUT2D eigenvalue weighted by atomic mass is 10.1. The van der Waals surface area contributed by atoms with Crippen molar-refractivity contribution in [2.45, 2.75) is 25.4 Å². The third kappa shape index (κ3) is 3.21. The van der Waals surface area contributed by atoms with Gasteiger partial charge in [-0.3, -0.25) is 4.79 Å². The van der Waals surface area contributed by atoms with Gasteiger partial charge in [0.25, 0.3) is 0 Å². The zero-order valence-corrected chi connectivity index (χ0v) is 15.9. The molecule has 0 aliphatic carbocycles. The molecule has 0 radical (unpaired) electrons. The molecule has 1 saturated heterocycles. The SMILES string of the molecule is C[C@H]1C[C@H](N)CN1c1cc2c(cc1F)c(=O)c(C(=O)O)cn2-c1ccc(F)cc1F. The summed E-state index contributed by atoms with van der Waals surface area (Å²) in [5.74, 6) is -4.03. The summed E-state index contributed by atoms with van der Waals surface area (Å²) in [5.41, 5.74) is 4.52. The number of pyridine rings is 1. The summed E-state index contributed by atoms with van der Waals surface area (Å²) in [5, 5.41) is 9.16. The first-order valence-electron chi connectivity index (χ1n) is 9.27. The Morgan fingerprint density at radius 3 is 2.43 bits per heavy atom. The van der Waals surface area contributed by atoms with Crippen molar-refractivity contribution in [3.63, 3.8) is 0 Å². The predicted molar refractivity (Wildman–Crippen MR) is 106 cm³/mol. The molecule has 1 aliphatic heterocycles. The maximum atomic E-state index is 14.9. The second-order valence-corrected chi connectivity index (χ2v) is 7.46. The maximum absolute atomic E-state index is 14.9. The lowest BCUT2D eigenvalue weighted by Crippen LogP contribution is -2.30. The molecule has 9 heteroatoms. The standard InChI is InChI=1S/C21H18F3N3O3/c1-10-4-12(25)8-26(10)19-7-18-13(6-16(19)24)20(28)14(21(29)30)9-27(18)17-3-2-11(22)5-15(17)23/h2-3,5-7,9-10,12H,4,8,25H2,1H3,(H,29,30)/t10-,12-/m0/s1. The monoisotopic (exact) mass is 417 g/mol. The first-order valence-corrected chi connectivity index (χ1v) is 9.27. The molecule has 0 bridgehead atoms. The number of anilines is 1. The molecule has 3 aromatic rings. The highest BCUT2D eigenvalue weighted by atomic mass is 19.1. The van der Waals surface area contributed by atoms with Crippen molar-refractivity contribution in [1.29, 1.82) is 0 Å². The number of benzene rings is 2. The molecule has 4 rings (SSSR count). The Labute approximate surface area is 168 Å². The van der Waals surface area contributed by atoms with E-state index in [-0.39, 0.29) is 34.4 Å². The highest BCUT2D eigenvalue weighted by Crippen LogP contribution is 2.32. The van der Waals surface area contributed by atoms with Crippen LogP contribution in [0.2, 0.25) is 0 Å². The smallest absolute Gasteiger partial charge is 0.341 e. The lowest BCUT2D eigenvalue weighted by molar-refractivity contribution is 0.0695. The van der Waals surface area contributed by atoms with E-state index in [4.69, 9.17) is 5.73 Å². The minimum Gasteiger partial charge on any atom is -0.477 e. The normalized spacial score (nSPS) is 18.9. The van der Waals surface area contributed by atoms with Crippen LogP contribution in [-0.2, 0) is 0 Å². The Balaban J connectivity index is 2.06. The van der Waals surface area contributed by atoms with Crippen molar-refractivity contribution in [3.05, 3.63) is 69.8 Å². The minimum atomic E-state index is -1.54. The Bertz CT molecular complexity index is 1240. The van der Waals surface area contributed by atoms with Crippen LogP contribution in [0.5, 0.6) is 0 Å². The molecular formula is C21H18F3N3O3. The van der Waals surface area contributed by atoms with Crippen molar-refractivity contribution >= 4 is 22.6 Å². The Kier molecular flexibility index (Phi) is 4.77. The van der Waals surface area contributed by atoms with Crippen LogP contribution in [0.3, 0.4) is 0 Å². The van der Waals surface area contributed by atoms with Crippen molar-refractivity contribution < 1.29 is 23.1 Å². The van der Waals surface area contributed by atoms with Crippen LogP contribution in [0.25, 0.3) is 16.6 Å². The van der Waals surface area contributed by atoms with Gasteiger partial charge in [-0.25, -0.2) is 18.0 Å². The minimum absolute atomic E-state index is 0.0621. The first kappa shape index (κ1) is 20.0. The number of nitrogens with two attached hydrogens (primary N) is 1. The van der Waals surface area contributed by atoms with Gasteiger partial charge in [-0.05, 0) is 37.6 Å². The molecule has 1 fully saturated rings. The quantitative estimate of drug-likeness (QED) is 0.684. The summed E-state index contributed by atoms with van der Waals surface area (Å²) in [6.07, 6.45) is 1.61. The number of hydrogen-bond acceptors (Lipinski definition) is 4. The van der Waals surface area contributed by atoms with Crippen molar-refractivity contribution in [3.8, 4) is 5.69 Å². The number of rotatable bonds is 3. The summed E-state index contributed by atoms with van der Waals surface area (Å²) in [4.78, 5) is 25.9. The Hall–Kier alpha value is -3.33. The van der Waals surface area contributed by atoms with Crippen LogP contribution in [0, 0.1) is 17.5 Å². The number of fused-ring (bicyclic) bond motifs is 1. The number of aromatic nitrogens is 1. The summed E-state index contributed by atoms with van der Waals surface area (Å²) in [6, 6.07) is 4.88. The van der Waals surface area contributed by atoms with E-state index in [2.05, 4.69) is 0 Å². The van der Waals surface area contributed by atoms with E-state index >= 15 is 0 Å². The zero-order chi connectivity index (χ0) is 21.7. The van der Waals surface area contributed by atoms with Crippen LogP contribution in [0.1, 0.15) is 23.7 Å². The van der Waals surface area contributed by atoms with E-state index in [1.165, 1.54) is 6.07 Å². The zero-order valence-electron chi connectivity index (χ0n) is 15.9. The molecule has 2 aromatic carbocycles. The number of carboxylic acids is 1. The van der Waals surface area contributed by atoms with Gasteiger partial charge in [0, 0.05) is 36.3 Å². The fraction of sp³-hybridized carbons (Fsp3) is 0.238. The van der Waals surface area contributed by atoms with E-state index < -0.39 is 34.4 Å². The average Bonchev–Trinajstić information content (AvgIpc) is 3.00. The average molecular weight is 417 g/mol. The highest BCUT2D eigenvalue weighted by Gasteiger charge is 2.29.